The standard InChI is InChI=1S/C66H84N2O8/c1-63(2,3)53-35-45-31-46-36-54(64(4,5)6)38-48-33-50-40-56(66(10,11)12)42-52(62(50)76-44-58-18-14-16-20-68-58)34-51-41-55(65(7,8)9)39-49(61(51)75-43-57-17-13-15-19-67-57)32-47(37-53)59(45)73-29-27-71-25-23-69-21-22-70-24-26-72-28-30-74-60(46)48/h13-20,35-42H,21-34,43-44H2,1-12H3. The molecule has 0 N–H and O–H groups in total. The van der Waals surface area contributed by atoms with Crippen molar-refractivity contribution in [3.05, 3.63) is 175 Å². The molecule has 4 aromatic carbocycles. The summed E-state index contributed by atoms with van der Waals surface area (Å²) in [5.74, 6) is 3.38. The van der Waals surface area contributed by atoms with Crippen molar-refractivity contribution in [2.45, 2.75) is 144 Å². The van der Waals surface area contributed by atoms with E-state index in [9.17, 15) is 0 Å². The normalized spacial score (nSPS) is 15.8. The first-order chi connectivity index (χ1) is 36.2. The lowest BCUT2D eigenvalue weighted by Crippen LogP contribution is -2.18. The number of rotatable bonds is 6. The fraction of sp³-hybridized carbons (Fsp3) is 0.485. The number of ether oxygens (including phenoxy) is 8. The van der Waals surface area contributed by atoms with Gasteiger partial charge in [0.2, 0.25) is 0 Å². The molecule has 2 aromatic heterocycles. The van der Waals surface area contributed by atoms with Gasteiger partial charge >= 0.3 is 0 Å². The Morgan fingerprint density at radius 2 is 0.618 bits per heavy atom. The molecular formula is C66H84N2O8. The van der Waals surface area contributed by atoms with Crippen LogP contribution in [0, 0.1) is 0 Å². The molecule has 0 saturated carbocycles. The summed E-state index contributed by atoms with van der Waals surface area (Å²) in [7, 11) is 0. The molecular weight excluding hydrogens is 949 g/mol. The summed E-state index contributed by atoms with van der Waals surface area (Å²) in [6.45, 7) is 32.4. The summed E-state index contributed by atoms with van der Waals surface area (Å²) in [5.41, 5.74) is 14.4. The Kier molecular flexibility index (Phi) is 18.3. The van der Waals surface area contributed by atoms with Gasteiger partial charge in [-0.05, 0) is 113 Å². The molecule has 1 aliphatic heterocycles. The van der Waals surface area contributed by atoms with Crippen LogP contribution >= 0.6 is 0 Å². The van der Waals surface area contributed by atoms with Crippen LogP contribution in [0.15, 0.2) is 97.3 Å². The molecule has 0 saturated heterocycles. The molecule has 10 nitrogen and oxygen atoms in total. The highest BCUT2D eigenvalue weighted by Crippen LogP contribution is 2.45. The van der Waals surface area contributed by atoms with Crippen molar-refractivity contribution >= 4 is 0 Å². The Balaban J connectivity index is 1.45. The molecule has 0 radical (unpaired) electrons. The molecule has 2 aliphatic rings. The number of hydrogen-bond acceptors (Lipinski definition) is 10. The number of aromatic nitrogens is 2. The van der Waals surface area contributed by atoms with Crippen molar-refractivity contribution < 1.29 is 37.9 Å². The van der Waals surface area contributed by atoms with Crippen molar-refractivity contribution in [2.75, 3.05) is 66.1 Å². The highest BCUT2D eigenvalue weighted by Gasteiger charge is 2.30. The molecule has 1 aliphatic carbocycles. The second kappa shape index (κ2) is 24.7. The van der Waals surface area contributed by atoms with Gasteiger partial charge in [0.25, 0.3) is 0 Å². The van der Waals surface area contributed by atoms with Gasteiger partial charge in [-0.2, -0.15) is 0 Å². The highest BCUT2D eigenvalue weighted by atomic mass is 16.6. The maximum absolute atomic E-state index is 7.20. The Hall–Kier alpha value is -5.78. The Bertz CT molecular complexity index is 2680. The summed E-state index contributed by atoms with van der Waals surface area (Å²) in [6, 6.07) is 30.9. The van der Waals surface area contributed by atoms with Crippen LogP contribution in [0.1, 0.15) is 161 Å². The lowest BCUT2D eigenvalue weighted by atomic mass is 9.79. The van der Waals surface area contributed by atoms with Gasteiger partial charge in [0.15, 0.2) is 0 Å². The summed E-state index contributed by atoms with van der Waals surface area (Å²) in [4.78, 5) is 9.45. The van der Waals surface area contributed by atoms with Crippen molar-refractivity contribution in [3.8, 4) is 23.0 Å². The average Bonchev–Trinajstić information content (AvgIpc) is 3.36. The number of hydrogen-bond donors (Lipinski definition) is 0. The van der Waals surface area contributed by atoms with E-state index in [1.54, 1.807) is 0 Å². The minimum absolute atomic E-state index is 0.190. The van der Waals surface area contributed by atoms with Crippen LogP contribution in [0.4, 0.5) is 0 Å². The van der Waals surface area contributed by atoms with E-state index in [4.69, 9.17) is 47.9 Å². The van der Waals surface area contributed by atoms with Crippen LogP contribution in [0.3, 0.4) is 0 Å². The lowest BCUT2D eigenvalue weighted by molar-refractivity contribution is -0.00701. The Morgan fingerprint density at radius 3 is 0.895 bits per heavy atom. The minimum atomic E-state index is -0.195. The maximum atomic E-state index is 7.20. The monoisotopic (exact) mass is 1030 g/mol. The average molecular weight is 1030 g/mol. The first-order valence-electron chi connectivity index (χ1n) is 27.5. The van der Waals surface area contributed by atoms with Gasteiger partial charge in [0.1, 0.15) is 49.4 Å². The summed E-state index contributed by atoms with van der Waals surface area (Å²) in [5, 5.41) is 0. The first-order valence-corrected chi connectivity index (χ1v) is 27.5. The quantitative estimate of drug-likeness (QED) is 0.160. The number of pyridine rings is 2. The zero-order valence-corrected chi connectivity index (χ0v) is 47.7. The van der Waals surface area contributed by atoms with Crippen LogP contribution in [-0.2, 0) is 79.5 Å². The second-order valence-electron chi connectivity index (χ2n) is 24.6. The molecule has 0 atom stereocenters. The SMILES string of the molecule is CC(C)(C)c1cc2c3c(c1)Cc1cc(C(C)(C)C)cc(c1OCc1ccccn1)Cc1cc(C(C)(C)C)cc(c1OCc1ccccn1)Cc1cc(C(C)(C)C)cc(c1OCCOCCOCCOCCOCCO3)C2. The molecule has 0 spiro atoms. The largest absolute Gasteiger partial charge is 0.491 e. The molecule has 10 heteroatoms. The predicted molar refractivity (Wildman–Crippen MR) is 303 cm³/mol. The fourth-order valence-corrected chi connectivity index (χ4v) is 9.79. The van der Waals surface area contributed by atoms with E-state index in [0.717, 1.165) is 78.9 Å². The summed E-state index contributed by atoms with van der Waals surface area (Å²) >= 11 is 0. The first kappa shape index (κ1) is 56.4. The van der Waals surface area contributed by atoms with E-state index >= 15 is 0 Å². The van der Waals surface area contributed by atoms with Crippen molar-refractivity contribution in [1.29, 1.82) is 0 Å². The molecule has 10 bridgehead atoms. The third-order valence-electron chi connectivity index (χ3n) is 14.2. The van der Waals surface area contributed by atoms with Crippen LogP contribution in [0.5, 0.6) is 23.0 Å². The van der Waals surface area contributed by atoms with Crippen LogP contribution < -0.4 is 18.9 Å². The van der Waals surface area contributed by atoms with E-state index in [1.807, 2.05) is 48.8 Å². The van der Waals surface area contributed by atoms with Crippen molar-refractivity contribution in [3.63, 3.8) is 0 Å². The zero-order chi connectivity index (χ0) is 54.1. The lowest BCUT2D eigenvalue weighted by Gasteiger charge is -2.29. The third kappa shape index (κ3) is 15.0. The molecule has 0 unspecified atom stereocenters. The van der Waals surface area contributed by atoms with Gasteiger partial charge in [-0.3, -0.25) is 9.97 Å². The molecule has 0 amide bonds. The van der Waals surface area contributed by atoms with Crippen LogP contribution in [0.2, 0.25) is 0 Å². The van der Waals surface area contributed by atoms with Gasteiger partial charge in [0, 0.05) is 38.1 Å². The van der Waals surface area contributed by atoms with E-state index in [0.29, 0.717) is 105 Å². The third-order valence-corrected chi connectivity index (χ3v) is 14.2. The van der Waals surface area contributed by atoms with E-state index in [1.165, 1.54) is 22.3 Å². The van der Waals surface area contributed by atoms with Gasteiger partial charge in [-0.1, -0.05) is 144 Å². The Morgan fingerprint density at radius 1 is 0.355 bits per heavy atom. The fourth-order valence-electron chi connectivity index (χ4n) is 9.79. The highest BCUT2D eigenvalue weighted by molar-refractivity contribution is 5.60. The number of benzene rings is 4. The molecule has 0 fully saturated rings. The van der Waals surface area contributed by atoms with E-state index in [2.05, 4.69) is 132 Å². The molecule has 406 valence electrons. The molecule has 8 rings (SSSR count). The predicted octanol–water partition coefficient (Wildman–Crippen LogP) is 13.3. The van der Waals surface area contributed by atoms with Crippen LogP contribution in [0.25, 0.3) is 0 Å². The molecule has 3 heterocycles. The topological polar surface area (TPSA) is 99.6 Å². The van der Waals surface area contributed by atoms with Crippen LogP contribution in [-0.4, -0.2) is 76.0 Å². The summed E-state index contributed by atoms with van der Waals surface area (Å²) in [6.07, 6.45) is 5.84. The van der Waals surface area contributed by atoms with Gasteiger partial charge in [0.05, 0.1) is 64.2 Å². The molecule has 6 aromatic rings. The number of fused-ring (bicyclic) bond motifs is 4. The maximum Gasteiger partial charge on any atom is 0.130 e. The smallest absolute Gasteiger partial charge is 0.130 e. The second-order valence-corrected chi connectivity index (χ2v) is 24.6. The van der Waals surface area contributed by atoms with Crippen molar-refractivity contribution in [2.24, 2.45) is 0 Å². The van der Waals surface area contributed by atoms with E-state index < -0.39 is 0 Å². The Labute approximate surface area is 454 Å². The van der Waals surface area contributed by atoms with Gasteiger partial charge in [-0.25, -0.2) is 0 Å². The van der Waals surface area contributed by atoms with E-state index in [-0.39, 0.29) is 21.7 Å². The van der Waals surface area contributed by atoms with Gasteiger partial charge in [-0.15, -0.1) is 0 Å². The van der Waals surface area contributed by atoms with Gasteiger partial charge < -0.3 is 37.9 Å². The molecule has 76 heavy (non-hydrogen) atoms. The zero-order valence-electron chi connectivity index (χ0n) is 47.7. The minimum Gasteiger partial charge on any atom is -0.491 e. The summed E-state index contributed by atoms with van der Waals surface area (Å²) < 4.78 is 52.6. The van der Waals surface area contributed by atoms with Crippen molar-refractivity contribution in [1.82, 2.24) is 9.97 Å². The number of nitrogens with zero attached hydrogens (tertiary/aromatic N) is 2.